The van der Waals surface area contributed by atoms with Gasteiger partial charge in [0.2, 0.25) is 0 Å². The van der Waals surface area contributed by atoms with Crippen LogP contribution >= 0.6 is 0 Å². The van der Waals surface area contributed by atoms with Gasteiger partial charge in [0.25, 0.3) is 0 Å². The van der Waals surface area contributed by atoms with E-state index < -0.39 is 0 Å². The molecule has 7 saturated heterocycles. The summed E-state index contributed by atoms with van der Waals surface area (Å²) < 4.78 is 86.3. The topological polar surface area (TPSA) is 129 Å². The maximum Gasteiger partial charge on any atom is 0.161 e. The van der Waals surface area contributed by atoms with Crippen LogP contribution < -0.4 is 0 Å². The van der Waals surface area contributed by atoms with Gasteiger partial charge in [-0.1, -0.05) is 217 Å². The second-order valence-electron chi connectivity index (χ2n) is 33.6. The molecule has 0 aromatic carbocycles. The fourth-order valence-electron chi connectivity index (χ4n) is 16.1. The van der Waals surface area contributed by atoms with Gasteiger partial charge >= 0.3 is 0 Å². The van der Waals surface area contributed by atoms with Crippen molar-refractivity contribution >= 4 is 0 Å². The van der Waals surface area contributed by atoms with Crippen LogP contribution in [-0.4, -0.2) is 129 Å². The minimum absolute atomic E-state index is 0. The summed E-state index contributed by atoms with van der Waals surface area (Å²) in [6.45, 7) is 79.3. The van der Waals surface area contributed by atoms with Crippen LogP contribution in [0.4, 0.5) is 0 Å². The summed E-state index contributed by atoms with van der Waals surface area (Å²) >= 11 is 0. The highest BCUT2D eigenvalue weighted by Crippen LogP contribution is 2.45. The zero-order chi connectivity index (χ0) is 73.9. The number of ether oxygens (including phenoxy) is 14. The zero-order valence-corrected chi connectivity index (χ0v) is 69.8. The van der Waals surface area contributed by atoms with Crippen molar-refractivity contribution in [2.75, 3.05) is 0 Å². The van der Waals surface area contributed by atoms with Crippen LogP contribution in [0, 0.1) is 112 Å². The molecule has 7 rings (SSSR count). The van der Waals surface area contributed by atoms with Crippen LogP contribution in [-0.2, 0) is 66.3 Å². The fraction of sp³-hybridized carbons (Fsp3) is 1.00. The predicted molar refractivity (Wildman–Crippen MR) is 431 cm³/mol. The molecule has 7 heterocycles. The Balaban J connectivity index is -0.00000122. The maximum atomic E-state index is 6.63. The van der Waals surface area contributed by atoms with Crippen LogP contribution in [0.5, 0.6) is 0 Å². The van der Waals surface area contributed by atoms with Crippen molar-refractivity contribution in [1.82, 2.24) is 0 Å². The minimum Gasteiger partial charge on any atom is -0.350 e. The van der Waals surface area contributed by atoms with Gasteiger partial charge in [-0.3, -0.25) is 0 Å². The molecule has 35 atom stereocenters. The van der Waals surface area contributed by atoms with E-state index in [0.717, 1.165) is 44.9 Å². The molecule has 0 aliphatic carbocycles. The Morgan fingerprint density at radius 1 is 0.186 bits per heavy atom. The van der Waals surface area contributed by atoms with Gasteiger partial charge in [-0.05, 0) is 185 Å². The van der Waals surface area contributed by atoms with E-state index >= 15 is 0 Å². The molecule has 0 spiro atoms. The Morgan fingerprint density at radius 2 is 0.324 bits per heavy atom. The van der Waals surface area contributed by atoms with E-state index in [4.69, 9.17) is 66.3 Å². The molecule has 14 heteroatoms. The Hall–Kier alpha value is -0.560. The van der Waals surface area contributed by atoms with Gasteiger partial charge < -0.3 is 66.3 Å². The van der Waals surface area contributed by atoms with Gasteiger partial charge in [-0.2, -0.15) is 0 Å². The number of rotatable bonds is 21. The molecule has 0 N–H and O–H groups in total. The number of hydrogen-bond donors (Lipinski definition) is 0. The van der Waals surface area contributed by atoms with Crippen LogP contribution in [0.1, 0.15) is 331 Å². The second-order valence-corrected chi connectivity index (χ2v) is 33.6. The lowest BCUT2D eigenvalue weighted by molar-refractivity contribution is -0.327. The predicted octanol–water partition coefficient (Wildman–Crippen LogP) is 24.0. The fourth-order valence-corrected chi connectivity index (χ4v) is 16.1. The normalized spacial score (nSPS) is 42.7. The molecule has 7 fully saturated rings. The van der Waals surface area contributed by atoms with Gasteiger partial charge in [0.05, 0.1) is 85.5 Å². The molecule has 0 amide bonds. The Kier molecular flexibility index (Phi) is 52.1. The van der Waals surface area contributed by atoms with E-state index in [-0.39, 0.29) is 148 Å². The summed E-state index contributed by atoms with van der Waals surface area (Å²) in [4.78, 5) is 0. The lowest BCUT2D eigenvalue weighted by Gasteiger charge is -2.49. The molecular formula is C88H182O14. The van der Waals surface area contributed by atoms with E-state index in [2.05, 4.69) is 249 Å². The quantitative estimate of drug-likeness (QED) is 0.108. The smallest absolute Gasteiger partial charge is 0.161 e. The van der Waals surface area contributed by atoms with Crippen molar-refractivity contribution in [3.05, 3.63) is 0 Å². The van der Waals surface area contributed by atoms with Crippen molar-refractivity contribution in [3.63, 3.8) is 0 Å². The van der Waals surface area contributed by atoms with Crippen LogP contribution in [0.15, 0.2) is 0 Å². The summed E-state index contributed by atoms with van der Waals surface area (Å²) in [7, 11) is 0. The Bertz CT molecular complexity index is 1870. The average molecular weight is 1460 g/mol. The first-order valence-electron chi connectivity index (χ1n) is 40.5. The van der Waals surface area contributed by atoms with E-state index in [0.29, 0.717) is 131 Å². The summed E-state index contributed by atoms with van der Waals surface area (Å²) in [5.41, 5.74) is 0. The summed E-state index contributed by atoms with van der Waals surface area (Å²) in [6.07, 6.45) is 9.42. The van der Waals surface area contributed by atoms with Crippen molar-refractivity contribution in [2.45, 2.75) is 461 Å². The van der Waals surface area contributed by atoms with E-state index in [1.165, 1.54) is 0 Å². The molecular weight excluding hydrogens is 1280 g/mol. The second kappa shape index (κ2) is 50.4. The van der Waals surface area contributed by atoms with Crippen LogP contribution in [0.25, 0.3) is 0 Å². The molecule has 7 aliphatic heterocycles. The third-order valence-corrected chi connectivity index (χ3v) is 25.3. The van der Waals surface area contributed by atoms with Crippen molar-refractivity contribution in [1.29, 1.82) is 0 Å². The lowest BCUT2D eigenvalue weighted by atomic mass is 9.78. The van der Waals surface area contributed by atoms with E-state index in [1.807, 2.05) is 0 Å². The Morgan fingerprint density at radius 3 is 0.480 bits per heavy atom. The third-order valence-electron chi connectivity index (χ3n) is 25.3. The van der Waals surface area contributed by atoms with E-state index in [1.54, 1.807) is 0 Å². The molecule has 0 saturated carbocycles. The molecule has 0 aromatic heterocycles. The molecule has 0 bridgehead atoms. The third kappa shape index (κ3) is 29.3. The standard InChI is InChI=1S/2C22H42O4.3C13H26O2.5CH4/c2*1-10-18-14(6)13(5)16(8)22(24-18)26-20-15(7)17(9)21(23-12(3)4)25-19(20)11-2;3*1-7-12-10(5)9(4)11(6)13(15-12)14-8(2)3;;;;;/h2*12-22H,10-11H2,1-9H3;3*8-13H,7H2,1-6H3;5*1H4/t13-,14?,15+,16+,17+,18+,19+,20-,21?,22?;13-,14?,15-,16+,17-,18+,19+,20-,21?,22?;9-,10?,11+,12+,13?;9-,10?,11-,12+,13?;9-,10?,11-,12-,13?;;;;;/m00001...../s1. The first-order chi connectivity index (χ1) is 45.3. The monoisotopic (exact) mass is 1460 g/mol. The van der Waals surface area contributed by atoms with Crippen molar-refractivity contribution in [2.24, 2.45) is 112 Å². The number of hydrogen-bond acceptors (Lipinski definition) is 14. The van der Waals surface area contributed by atoms with E-state index in [9.17, 15) is 0 Å². The van der Waals surface area contributed by atoms with Gasteiger partial charge in [0.15, 0.2) is 44.0 Å². The van der Waals surface area contributed by atoms with Gasteiger partial charge in [-0.15, -0.1) is 0 Å². The highest BCUT2D eigenvalue weighted by molar-refractivity contribution is 4.92. The SMILES string of the molecule is C.C.C.C.C.CC[C@H]1OC(OC(C)C)[C@@H](C)[C@@H](C)C1C.CC[C@H]1OC(OC(C)C)[C@H](C)[C@@H](C)C1C.CC[C@H]1OC(OC(C)C)[C@H](C)[C@H](C)C1C.CC[C@H]1OC(O[C@H]2[C@@H](C)[C@H](C)C(OC(C)C)O[C@@H]2CC)[C@H](C)[C@@H](C)C1C.CC[C@H]1OC(O[C@H]2[C@H](C)[C@@H](C)C(OC(C)C)O[C@@H]2CC)[C@H](C)[C@@H](C)C1C. The molecule has 0 radical (unpaired) electrons. The molecule has 0 aromatic rings. The van der Waals surface area contributed by atoms with Crippen LogP contribution in [0.3, 0.4) is 0 Å². The zero-order valence-electron chi connectivity index (χ0n) is 69.8. The Labute approximate surface area is 636 Å². The molecule has 14 nitrogen and oxygen atoms in total. The highest BCUT2D eigenvalue weighted by Gasteiger charge is 2.50. The molecule has 102 heavy (non-hydrogen) atoms. The molecule has 7 aliphatic rings. The van der Waals surface area contributed by atoms with Crippen LogP contribution in [0.2, 0.25) is 0 Å². The molecule has 618 valence electrons. The first-order valence-corrected chi connectivity index (χ1v) is 40.5. The van der Waals surface area contributed by atoms with Gasteiger partial charge in [0, 0.05) is 41.4 Å². The maximum absolute atomic E-state index is 6.63. The summed E-state index contributed by atoms with van der Waals surface area (Å²) in [5.74, 6) is 9.81. The minimum atomic E-state index is -0.151. The lowest BCUT2D eigenvalue weighted by Crippen LogP contribution is -2.55. The largest absolute Gasteiger partial charge is 0.350 e. The highest BCUT2D eigenvalue weighted by atomic mass is 16.7. The molecule has 12 unspecified atom stereocenters. The summed E-state index contributed by atoms with van der Waals surface area (Å²) in [5, 5.41) is 0. The van der Waals surface area contributed by atoms with Gasteiger partial charge in [-0.25, -0.2) is 0 Å². The van der Waals surface area contributed by atoms with Crippen molar-refractivity contribution < 1.29 is 66.3 Å². The first kappa shape index (κ1) is 106. The van der Waals surface area contributed by atoms with Crippen molar-refractivity contribution in [3.8, 4) is 0 Å². The summed E-state index contributed by atoms with van der Waals surface area (Å²) in [6, 6.07) is 0. The van der Waals surface area contributed by atoms with Gasteiger partial charge in [0.1, 0.15) is 0 Å². The average Bonchev–Trinajstić information content (AvgIpc) is 0.796.